The Hall–Kier alpha value is -1.62. The first-order valence-corrected chi connectivity index (χ1v) is 7.40. The van der Waals surface area contributed by atoms with Crippen LogP contribution < -0.4 is 0 Å². The van der Waals surface area contributed by atoms with Crippen molar-refractivity contribution in [1.82, 2.24) is 0 Å². The average molecular weight is 280 g/mol. The van der Waals surface area contributed by atoms with E-state index in [1.807, 2.05) is 6.92 Å². The molecule has 0 N–H and O–H groups in total. The lowest BCUT2D eigenvalue weighted by Gasteiger charge is -2.15. The fourth-order valence-electron chi connectivity index (χ4n) is 2.30. The zero-order valence-electron chi connectivity index (χ0n) is 10.9. The smallest absolute Gasteiger partial charge is 0.328 e. The topological polar surface area (TPSA) is 60.4 Å². The third kappa shape index (κ3) is 1.89. The first-order valence-electron chi connectivity index (χ1n) is 5.92. The highest BCUT2D eigenvalue weighted by molar-refractivity contribution is 7.94. The molecule has 1 saturated carbocycles. The highest BCUT2D eigenvalue weighted by Crippen LogP contribution is 2.54. The zero-order valence-corrected chi connectivity index (χ0v) is 11.7. The van der Waals surface area contributed by atoms with Gasteiger partial charge in [-0.2, -0.15) is 0 Å². The van der Waals surface area contributed by atoms with Crippen molar-refractivity contribution < 1.29 is 17.9 Å². The molecule has 0 saturated heterocycles. The van der Waals surface area contributed by atoms with Crippen molar-refractivity contribution in [3.8, 4) is 0 Å². The summed E-state index contributed by atoms with van der Waals surface area (Å²) >= 11 is 0. The lowest BCUT2D eigenvalue weighted by molar-refractivity contribution is -0.141. The monoisotopic (exact) mass is 280 g/mol. The minimum absolute atomic E-state index is 0.146. The Bertz CT molecular complexity index is 615. The lowest BCUT2D eigenvalue weighted by atomic mass is 10.2. The Kier molecular flexibility index (Phi) is 3.26. The molecule has 0 aromatic heterocycles. The van der Waals surface area contributed by atoms with Gasteiger partial charge >= 0.3 is 5.97 Å². The van der Waals surface area contributed by atoms with E-state index in [1.165, 1.54) is 25.3 Å². The molecule has 0 heterocycles. The number of hydrogen-bond donors (Lipinski definition) is 0. The Morgan fingerprint density at radius 1 is 1.42 bits per heavy atom. The van der Waals surface area contributed by atoms with Gasteiger partial charge in [0.25, 0.3) is 0 Å². The predicted molar refractivity (Wildman–Crippen MR) is 71.4 cm³/mol. The molecule has 102 valence electrons. The van der Waals surface area contributed by atoms with Crippen LogP contribution >= 0.6 is 0 Å². The maximum absolute atomic E-state index is 12.6. The van der Waals surface area contributed by atoms with Gasteiger partial charge in [-0.3, -0.25) is 4.79 Å². The van der Waals surface area contributed by atoms with E-state index in [1.54, 1.807) is 12.1 Å². The van der Waals surface area contributed by atoms with Gasteiger partial charge in [0, 0.05) is 5.92 Å². The molecule has 1 aliphatic rings. The second-order valence-corrected chi connectivity index (χ2v) is 6.95. The van der Waals surface area contributed by atoms with E-state index in [9.17, 15) is 13.2 Å². The van der Waals surface area contributed by atoms with Crippen LogP contribution in [0.3, 0.4) is 0 Å². The predicted octanol–water partition coefficient (Wildman–Crippen LogP) is 1.89. The van der Waals surface area contributed by atoms with Gasteiger partial charge in [-0.05, 0) is 25.5 Å². The first-order chi connectivity index (χ1) is 8.90. The number of hydrogen-bond acceptors (Lipinski definition) is 4. The molecule has 1 fully saturated rings. The van der Waals surface area contributed by atoms with Crippen LogP contribution in [0.5, 0.6) is 0 Å². The zero-order chi connectivity index (χ0) is 14.3. The van der Waals surface area contributed by atoms with E-state index < -0.39 is 20.6 Å². The van der Waals surface area contributed by atoms with Crippen LogP contribution in [0.1, 0.15) is 12.0 Å². The quantitative estimate of drug-likeness (QED) is 0.624. The van der Waals surface area contributed by atoms with E-state index in [-0.39, 0.29) is 17.2 Å². The third-order valence-corrected chi connectivity index (χ3v) is 6.08. The largest absolute Gasteiger partial charge is 0.468 e. The van der Waals surface area contributed by atoms with Crippen molar-refractivity contribution in [2.45, 2.75) is 23.0 Å². The number of carbonyl (C=O) groups excluding carboxylic acids is 1. The van der Waals surface area contributed by atoms with Crippen molar-refractivity contribution in [2.24, 2.45) is 5.92 Å². The Balaban J connectivity index is 2.51. The van der Waals surface area contributed by atoms with Gasteiger partial charge in [-0.25, -0.2) is 8.42 Å². The fourth-order valence-corrected chi connectivity index (χ4v) is 4.41. The minimum atomic E-state index is -3.76. The van der Waals surface area contributed by atoms with Gasteiger partial charge in [-0.15, -0.1) is 6.58 Å². The minimum Gasteiger partial charge on any atom is -0.468 e. The molecule has 1 aliphatic carbocycles. The van der Waals surface area contributed by atoms with E-state index >= 15 is 0 Å². The number of benzene rings is 1. The van der Waals surface area contributed by atoms with Crippen LogP contribution in [0.4, 0.5) is 0 Å². The number of ether oxygens (including phenoxy) is 1. The Morgan fingerprint density at radius 2 is 2.00 bits per heavy atom. The van der Waals surface area contributed by atoms with E-state index in [0.29, 0.717) is 0 Å². The summed E-state index contributed by atoms with van der Waals surface area (Å²) < 4.78 is 28.5. The summed E-state index contributed by atoms with van der Waals surface area (Å²) in [5, 5.41) is 0. The SMILES string of the molecule is C=C[C@@H]1C[C@@]1(C(=O)OC)S(=O)(=O)c1ccc(C)cc1. The number of rotatable bonds is 4. The Labute approximate surface area is 113 Å². The molecule has 0 aliphatic heterocycles. The van der Waals surface area contributed by atoms with E-state index in [4.69, 9.17) is 0 Å². The highest BCUT2D eigenvalue weighted by atomic mass is 32.2. The number of aryl methyl sites for hydroxylation is 1. The normalized spacial score (nSPS) is 25.7. The molecule has 1 aromatic rings. The number of allylic oxidation sites excluding steroid dienone is 1. The van der Waals surface area contributed by atoms with Crippen LogP contribution in [0, 0.1) is 12.8 Å². The molecular weight excluding hydrogens is 264 g/mol. The molecule has 4 nitrogen and oxygen atoms in total. The Morgan fingerprint density at radius 3 is 2.42 bits per heavy atom. The van der Waals surface area contributed by atoms with Crippen molar-refractivity contribution in [2.75, 3.05) is 7.11 Å². The van der Waals surface area contributed by atoms with Crippen LogP contribution in [-0.4, -0.2) is 26.2 Å². The van der Waals surface area contributed by atoms with Gasteiger partial charge in [0.05, 0.1) is 12.0 Å². The van der Waals surface area contributed by atoms with Crippen LogP contribution in [0.25, 0.3) is 0 Å². The summed E-state index contributed by atoms with van der Waals surface area (Å²) in [4.78, 5) is 12.0. The lowest BCUT2D eigenvalue weighted by Crippen LogP contribution is -2.35. The van der Waals surface area contributed by atoms with Crippen molar-refractivity contribution in [3.05, 3.63) is 42.5 Å². The molecule has 0 bridgehead atoms. The number of carbonyl (C=O) groups is 1. The molecule has 0 radical (unpaired) electrons. The molecule has 5 heteroatoms. The van der Waals surface area contributed by atoms with Gasteiger partial charge < -0.3 is 4.74 Å². The molecule has 19 heavy (non-hydrogen) atoms. The summed E-state index contributed by atoms with van der Waals surface area (Å²) in [5.41, 5.74) is 0.960. The molecule has 2 rings (SSSR count). The van der Waals surface area contributed by atoms with Crippen molar-refractivity contribution >= 4 is 15.8 Å². The first kappa shape index (κ1) is 13.8. The average Bonchev–Trinajstić information content (AvgIpc) is 3.14. The fraction of sp³-hybridized carbons (Fsp3) is 0.357. The molecule has 0 spiro atoms. The number of esters is 1. The second kappa shape index (κ2) is 4.49. The van der Waals surface area contributed by atoms with Gasteiger partial charge in [0.2, 0.25) is 0 Å². The van der Waals surface area contributed by atoms with Crippen molar-refractivity contribution in [1.29, 1.82) is 0 Å². The number of methoxy groups -OCH3 is 1. The van der Waals surface area contributed by atoms with Gasteiger partial charge in [-0.1, -0.05) is 23.8 Å². The summed E-state index contributed by atoms with van der Waals surface area (Å²) in [5.74, 6) is -1.09. The maximum Gasteiger partial charge on any atom is 0.328 e. The standard InChI is InChI=1S/C14H16O4S/c1-4-11-9-14(11,13(15)18-3)19(16,17)12-7-5-10(2)6-8-12/h4-8,11H,1,9H2,2-3H3/t11-,14-/m1/s1. The van der Waals surface area contributed by atoms with Crippen LogP contribution in [-0.2, 0) is 19.4 Å². The molecule has 1 aromatic carbocycles. The number of sulfone groups is 1. The molecule has 0 unspecified atom stereocenters. The van der Waals surface area contributed by atoms with E-state index in [2.05, 4.69) is 11.3 Å². The van der Waals surface area contributed by atoms with Gasteiger partial charge in [0.1, 0.15) is 0 Å². The summed E-state index contributed by atoms with van der Waals surface area (Å²) in [6, 6.07) is 6.47. The molecule has 2 atom stereocenters. The summed E-state index contributed by atoms with van der Waals surface area (Å²) in [6.45, 7) is 5.45. The molecular formula is C14H16O4S. The van der Waals surface area contributed by atoms with E-state index in [0.717, 1.165) is 5.56 Å². The van der Waals surface area contributed by atoms with Crippen molar-refractivity contribution in [3.63, 3.8) is 0 Å². The molecule has 0 amide bonds. The summed E-state index contributed by atoms with van der Waals surface area (Å²) in [6.07, 6.45) is 1.74. The third-order valence-electron chi connectivity index (χ3n) is 3.59. The van der Waals surface area contributed by atoms with Crippen LogP contribution in [0.15, 0.2) is 41.8 Å². The van der Waals surface area contributed by atoms with Crippen LogP contribution in [0.2, 0.25) is 0 Å². The highest BCUT2D eigenvalue weighted by Gasteiger charge is 2.69. The second-order valence-electron chi connectivity index (χ2n) is 4.74. The summed E-state index contributed by atoms with van der Waals surface area (Å²) in [7, 11) is -2.56. The van der Waals surface area contributed by atoms with Gasteiger partial charge in [0.15, 0.2) is 14.6 Å². The maximum atomic E-state index is 12.6.